The van der Waals surface area contributed by atoms with Gasteiger partial charge in [0, 0.05) is 6.04 Å². The molecule has 0 saturated heterocycles. The molecule has 0 heterocycles. The number of ether oxygens (including phenoxy) is 1. The molecule has 0 bridgehead atoms. The summed E-state index contributed by atoms with van der Waals surface area (Å²) in [6, 6.07) is 6.70. The molecule has 120 valence electrons. The van der Waals surface area contributed by atoms with E-state index >= 15 is 0 Å². The number of nitrogens with two attached hydrogens (primary N) is 1. The van der Waals surface area contributed by atoms with Gasteiger partial charge >= 0.3 is 6.61 Å². The number of hydrazine groups is 1. The van der Waals surface area contributed by atoms with E-state index < -0.39 is 6.61 Å². The molecular formula is C16H26F2N2O. The lowest BCUT2D eigenvalue weighted by Gasteiger charge is -2.16. The summed E-state index contributed by atoms with van der Waals surface area (Å²) in [6.07, 6.45) is 8.34. The third kappa shape index (κ3) is 7.39. The van der Waals surface area contributed by atoms with Gasteiger partial charge in [0.1, 0.15) is 5.75 Å². The fourth-order valence-electron chi connectivity index (χ4n) is 2.36. The summed E-state index contributed by atoms with van der Waals surface area (Å²) >= 11 is 0. The molecule has 3 N–H and O–H groups in total. The molecule has 1 aromatic rings. The molecule has 0 fully saturated rings. The molecule has 0 radical (unpaired) electrons. The zero-order chi connectivity index (χ0) is 15.5. The van der Waals surface area contributed by atoms with Crippen LogP contribution in [0.1, 0.15) is 63.5 Å². The third-order valence-electron chi connectivity index (χ3n) is 3.56. The van der Waals surface area contributed by atoms with E-state index in [2.05, 4.69) is 17.1 Å². The zero-order valence-corrected chi connectivity index (χ0v) is 12.7. The van der Waals surface area contributed by atoms with E-state index in [1.54, 1.807) is 24.3 Å². The largest absolute Gasteiger partial charge is 0.435 e. The molecule has 0 aromatic heterocycles. The van der Waals surface area contributed by atoms with Crippen LogP contribution in [0.2, 0.25) is 0 Å². The van der Waals surface area contributed by atoms with E-state index in [-0.39, 0.29) is 11.8 Å². The Kier molecular flexibility index (Phi) is 8.94. The van der Waals surface area contributed by atoms with Gasteiger partial charge in [0.05, 0.1) is 0 Å². The standard InChI is InChI=1S/C16H26F2N2O/c1-2-3-4-5-6-7-8-15(20-19)13-9-11-14(12-10-13)21-16(17)18/h9-12,15-16,20H,2-8,19H2,1H3. The van der Waals surface area contributed by atoms with Crippen LogP contribution in [-0.4, -0.2) is 6.61 Å². The lowest BCUT2D eigenvalue weighted by molar-refractivity contribution is -0.0498. The average molecular weight is 300 g/mol. The SMILES string of the molecule is CCCCCCCCC(NN)c1ccc(OC(F)F)cc1. The molecule has 1 unspecified atom stereocenters. The quantitative estimate of drug-likeness (QED) is 0.358. The first-order valence-corrected chi connectivity index (χ1v) is 7.68. The Balaban J connectivity index is 2.37. The van der Waals surface area contributed by atoms with Gasteiger partial charge in [0.25, 0.3) is 0 Å². The van der Waals surface area contributed by atoms with Crippen LogP contribution >= 0.6 is 0 Å². The maximum absolute atomic E-state index is 12.1. The highest BCUT2D eigenvalue weighted by atomic mass is 19.3. The summed E-state index contributed by atoms with van der Waals surface area (Å²) in [4.78, 5) is 0. The lowest BCUT2D eigenvalue weighted by atomic mass is 10.00. The van der Waals surface area contributed by atoms with Crippen molar-refractivity contribution in [3.63, 3.8) is 0 Å². The van der Waals surface area contributed by atoms with Crippen LogP contribution in [0, 0.1) is 0 Å². The maximum atomic E-state index is 12.1. The van der Waals surface area contributed by atoms with Crippen molar-refractivity contribution in [1.82, 2.24) is 5.43 Å². The van der Waals surface area contributed by atoms with Crippen molar-refractivity contribution in [3.05, 3.63) is 29.8 Å². The minimum atomic E-state index is -2.79. The number of hydrogen-bond acceptors (Lipinski definition) is 3. The second kappa shape index (κ2) is 10.5. The average Bonchev–Trinajstić information content (AvgIpc) is 2.47. The Hall–Kier alpha value is -1.20. The van der Waals surface area contributed by atoms with Gasteiger partial charge in [-0.15, -0.1) is 0 Å². The number of nitrogens with one attached hydrogen (secondary N) is 1. The monoisotopic (exact) mass is 300 g/mol. The van der Waals surface area contributed by atoms with Crippen LogP contribution in [0.3, 0.4) is 0 Å². The van der Waals surface area contributed by atoms with Crippen molar-refractivity contribution in [1.29, 1.82) is 0 Å². The molecule has 0 saturated carbocycles. The van der Waals surface area contributed by atoms with Crippen molar-refractivity contribution in [2.75, 3.05) is 0 Å². The Morgan fingerprint density at radius 1 is 1.05 bits per heavy atom. The van der Waals surface area contributed by atoms with Crippen LogP contribution in [0.25, 0.3) is 0 Å². The van der Waals surface area contributed by atoms with Crippen molar-refractivity contribution in [2.45, 2.75) is 64.5 Å². The van der Waals surface area contributed by atoms with Gasteiger partial charge in [-0.3, -0.25) is 11.3 Å². The Bertz CT molecular complexity index is 371. The Morgan fingerprint density at radius 2 is 1.67 bits per heavy atom. The van der Waals surface area contributed by atoms with E-state index in [1.807, 2.05) is 0 Å². The number of alkyl halides is 2. The smallest absolute Gasteiger partial charge is 0.387 e. The molecule has 1 rings (SSSR count). The maximum Gasteiger partial charge on any atom is 0.387 e. The Morgan fingerprint density at radius 3 is 2.24 bits per heavy atom. The van der Waals surface area contributed by atoms with Gasteiger partial charge in [-0.25, -0.2) is 0 Å². The summed E-state index contributed by atoms with van der Waals surface area (Å²) in [5.41, 5.74) is 3.78. The predicted molar refractivity (Wildman–Crippen MR) is 81.1 cm³/mol. The molecule has 3 nitrogen and oxygen atoms in total. The third-order valence-corrected chi connectivity index (χ3v) is 3.56. The molecule has 21 heavy (non-hydrogen) atoms. The molecule has 1 atom stereocenters. The van der Waals surface area contributed by atoms with E-state index in [1.165, 1.54) is 32.1 Å². The summed E-state index contributed by atoms with van der Waals surface area (Å²) in [7, 11) is 0. The molecule has 0 spiro atoms. The van der Waals surface area contributed by atoms with E-state index in [0.717, 1.165) is 18.4 Å². The van der Waals surface area contributed by atoms with Crippen molar-refractivity contribution in [3.8, 4) is 5.75 Å². The van der Waals surface area contributed by atoms with Crippen LogP contribution in [-0.2, 0) is 0 Å². The van der Waals surface area contributed by atoms with Gasteiger partial charge in [-0.2, -0.15) is 8.78 Å². The van der Waals surface area contributed by atoms with Gasteiger partial charge in [0.15, 0.2) is 0 Å². The fourth-order valence-corrected chi connectivity index (χ4v) is 2.36. The van der Waals surface area contributed by atoms with E-state index in [0.29, 0.717) is 0 Å². The predicted octanol–water partition coefficient (Wildman–Crippen LogP) is 4.54. The highest BCUT2D eigenvalue weighted by Crippen LogP contribution is 2.23. The minimum absolute atomic E-state index is 0.0526. The molecule has 0 amide bonds. The van der Waals surface area contributed by atoms with Crippen LogP contribution in [0.4, 0.5) is 8.78 Å². The van der Waals surface area contributed by atoms with E-state index in [4.69, 9.17) is 5.84 Å². The van der Waals surface area contributed by atoms with Gasteiger partial charge in [0.2, 0.25) is 0 Å². The van der Waals surface area contributed by atoms with Crippen LogP contribution in [0.5, 0.6) is 5.75 Å². The summed E-state index contributed by atoms with van der Waals surface area (Å²) in [5.74, 6) is 5.76. The number of rotatable bonds is 11. The molecule has 0 aliphatic rings. The lowest BCUT2D eigenvalue weighted by Crippen LogP contribution is -2.27. The van der Waals surface area contributed by atoms with Crippen LogP contribution in [0.15, 0.2) is 24.3 Å². The second-order valence-corrected chi connectivity index (χ2v) is 5.22. The Labute approximate surface area is 125 Å². The molecule has 1 aromatic carbocycles. The minimum Gasteiger partial charge on any atom is -0.435 e. The molecule has 5 heteroatoms. The number of hydrogen-bond donors (Lipinski definition) is 2. The highest BCUT2D eigenvalue weighted by Gasteiger charge is 2.10. The molecule has 0 aliphatic heterocycles. The second-order valence-electron chi connectivity index (χ2n) is 5.22. The van der Waals surface area contributed by atoms with Crippen molar-refractivity contribution < 1.29 is 13.5 Å². The van der Waals surface area contributed by atoms with Gasteiger partial charge in [-0.05, 0) is 24.1 Å². The molecule has 0 aliphatic carbocycles. The number of unbranched alkanes of at least 4 members (excludes halogenated alkanes) is 5. The highest BCUT2D eigenvalue weighted by molar-refractivity contribution is 5.29. The van der Waals surface area contributed by atoms with Crippen molar-refractivity contribution >= 4 is 0 Å². The van der Waals surface area contributed by atoms with E-state index in [9.17, 15) is 8.78 Å². The summed E-state index contributed by atoms with van der Waals surface area (Å²) in [5, 5.41) is 0. The fraction of sp³-hybridized carbons (Fsp3) is 0.625. The number of benzene rings is 1. The van der Waals surface area contributed by atoms with Crippen LogP contribution < -0.4 is 16.0 Å². The topological polar surface area (TPSA) is 47.3 Å². The first-order chi connectivity index (χ1) is 10.2. The number of halogens is 2. The molecular weight excluding hydrogens is 274 g/mol. The first-order valence-electron chi connectivity index (χ1n) is 7.68. The normalized spacial score (nSPS) is 12.6. The summed E-state index contributed by atoms with van der Waals surface area (Å²) < 4.78 is 28.5. The zero-order valence-electron chi connectivity index (χ0n) is 12.7. The van der Waals surface area contributed by atoms with Gasteiger partial charge in [-0.1, -0.05) is 57.6 Å². The first kappa shape index (κ1) is 17.9. The van der Waals surface area contributed by atoms with Gasteiger partial charge < -0.3 is 4.74 Å². The summed E-state index contributed by atoms with van der Waals surface area (Å²) in [6.45, 7) is -0.585. The van der Waals surface area contributed by atoms with Crippen molar-refractivity contribution in [2.24, 2.45) is 5.84 Å².